The molecule has 1 unspecified atom stereocenters. The Kier molecular flexibility index (Phi) is 8.75. The normalized spacial score (nSPS) is 17.0. The number of carboxylic acids is 1. The van der Waals surface area contributed by atoms with Gasteiger partial charge in [0, 0.05) is 18.8 Å². The number of carbonyl (C=O) groups is 2. The number of rotatable bonds is 11. The molecule has 1 atom stereocenters. The Morgan fingerprint density at radius 1 is 1.28 bits per heavy atom. The van der Waals surface area contributed by atoms with E-state index < -0.39 is 23.7 Å². The third-order valence-electron chi connectivity index (χ3n) is 4.74. The van der Waals surface area contributed by atoms with Gasteiger partial charge in [-0.3, -0.25) is 19.9 Å². The van der Waals surface area contributed by atoms with Crippen LogP contribution in [0.4, 0.5) is 0 Å². The zero-order valence-corrected chi connectivity index (χ0v) is 17.3. The molecule has 1 aromatic heterocycles. The summed E-state index contributed by atoms with van der Waals surface area (Å²) >= 11 is 0. The number of hydrogen-bond acceptors (Lipinski definition) is 6. The molecule has 1 fully saturated rings. The summed E-state index contributed by atoms with van der Waals surface area (Å²) in [5.74, 6) is -0.824. The zero-order chi connectivity index (χ0) is 21.3. The Morgan fingerprint density at radius 2 is 2.00 bits per heavy atom. The maximum absolute atomic E-state index is 11.8. The van der Waals surface area contributed by atoms with Crippen LogP contribution < -0.4 is 10.8 Å². The first-order valence-corrected chi connectivity index (χ1v) is 9.99. The molecule has 1 amide bonds. The van der Waals surface area contributed by atoms with Crippen molar-refractivity contribution >= 4 is 18.0 Å². The SMILES string of the molecule is CC(C)COC(C)ONC(=O)/C=C/c1ccc(CNC2(C(=O)O)CCCC2)cn1. The highest BCUT2D eigenvalue weighted by molar-refractivity contribution is 5.90. The predicted octanol–water partition coefficient (Wildman–Crippen LogP) is 2.65. The highest BCUT2D eigenvalue weighted by atomic mass is 16.8. The van der Waals surface area contributed by atoms with Crippen LogP contribution in [0.5, 0.6) is 0 Å². The molecule has 0 bridgehead atoms. The van der Waals surface area contributed by atoms with Gasteiger partial charge in [0.25, 0.3) is 5.91 Å². The molecular formula is C21H31N3O5. The van der Waals surface area contributed by atoms with E-state index in [-0.39, 0.29) is 0 Å². The smallest absolute Gasteiger partial charge is 0.323 e. The Morgan fingerprint density at radius 3 is 2.59 bits per heavy atom. The zero-order valence-electron chi connectivity index (χ0n) is 17.3. The Bertz CT molecular complexity index is 697. The van der Waals surface area contributed by atoms with Crippen LogP contribution in [-0.4, -0.2) is 40.4 Å². The average molecular weight is 405 g/mol. The summed E-state index contributed by atoms with van der Waals surface area (Å²) in [6, 6.07) is 3.64. The van der Waals surface area contributed by atoms with Gasteiger partial charge in [0.2, 0.25) is 0 Å². The third kappa shape index (κ3) is 7.56. The van der Waals surface area contributed by atoms with E-state index in [1.165, 1.54) is 6.08 Å². The molecule has 29 heavy (non-hydrogen) atoms. The molecule has 1 saturated carbocycles. The Labute approximate surface area is 171 Å². The number of carbonyl (C=O) groups excluding carboxylic acids is 1. The number of hydroxylamine groups is 1. The maximum Gasteiger partial charge on any atom is 0.323 e. The lowest BCUT2D eigenvalue weighted by Crippen LogP contribution is -2.49. The van der Waals surface area contributed by atoms with Gasteiger partial charge in [-0.1, -0.05) is 32.8 Å². The van der Waals surface area contributed by atoms with Crippen molar-refractivity contribution in [3.8, 4) is 0 Å². The van der Waals surface area contributed by atoms with Gasteiger partial charge in [0.05, 0.1) is 12.3 Å². The topological polar surface area (TPSA) is 110 Å². The molecule has 0 radical (unpaired) electrons. The number of pyridine rings is 1. The van der Waals surface area contributed by atoms with Crippen molar-refractivity contribution in [3.05, 3.63) is 35.7 Å². The quantitative estimate of drug-likeness (QED) is 0.295. The maximum atomic E-state index is 11.8. The van der Waals surface area contributed by atoms with Crippen LogP contribution in [0.1, 0.15) is 57.7 Å². The van der Waals surface area contributed by atoms with Crippen LogP contribution in [0.15, 0.2) is 24.4 Å². The van der Waals surface area contributed by atoms with E-state index in [0.29, 0.717) is 37.6 Å². The van der Waals surface area contributed by atoms with Crippen LogP contribution in [-0.2, 0) is 25.7 Å². The largest absolute Gasteiger partial charge is 0.480 e. The first kappa shape index (κ1) is 23.0. The van der Waals surface area contributed by atoms with E-state index in [4.69, 9.17) is 9.57 Å². The van der Waals surface area contributed by atoms with Crippen LogP contribution in [0, 0.1) is 5.92 Å². The van der Waals surface area contributed by atoms with Crippen molar-refractivity contribution in [1.82, 2.24) is 15.8 Å². The first-order chi connectivity index (χ1) is 13.8. The number of nitrogens with zero attached hydrogens (tertiary/aromatic N) is 1. The van der Waals surface area contributed by atoms with Gasteiger partial charge >= 0.3 is 5.97 Å². The first-order valence-electron chi connectivity index (χ1n) is 9.99. The van der Waals surface area contributed by atoms with Crippen LogP contribution >= 0.6 is 0 Å². The van der Waals surface area contributed by atoms with Crippen molar-refractivity contribution in [2.45, 2.75) is 64.8 Å². The minimum atomic E-state index is -0.827. The molecule has 0 saturated heterocycles. The molecule has 1 aliphatic rings. The number of amides is 1. The fraction of sp³-hybridized carbons (Fsp3) is 0.571. The highest BCUT2D eigenvalue weighted by Crippen LogP contribution is 2.30. The molecule has 1 aromatic rings. The number of aromatic nitrogens is 1. The number of ether oxygens (including phenoxy) is 1. The van der Waals surface area contributed by atoms with Crippen molar-refractivity contribution in [1.29, 1.82) is 0 Å². The molecule has 0 spiro atoms. The van der Waals surface area contributed by atoms with E-state index in [0.717, 1.165) is 18.4 Å². The van der Waals surface area contributed by atoms with Gasteiger partial charge in [-0.15, -0.1) is 0 Å². The average Bonchev–Trinajstić information content (AvgIpc) is 3.19. The molecule has 8 nitrogen and oxygen atoms in total. The van der Waals surface area contributed by atoms with Crippen LogP contribution in [0.25, 0.3) is 6.08 Å². The molecular weight excluding hydrogens is 374 g/mol. The molecule has 2 rings (SSSR count). The number of carboxylic acid groups (broad SMARTS) is 1. The van der Waals surface area contributed by atoms with Crippen molar-refractivity contribution in [3.63, 3.8) is 0 Å². The number of nitrogens with one attached hydrogen (secondary N) is 2. The van der Waals surface area contributed by atoms with Gasteiger partial charge in [-0.25, -0.2) is 10.3 Å². The summed E-state index contributed by atoms with van der Waals surface area (Å²) < 4.78 is 5.40. The minimum Gasteiger partial charge on any atom is -0.480 e. The molecule has 0 aliphatic heterocycles. The fourth-order valence-corrected chi connectivity index (χ4v) is 3.05. The summed E-state index contributed by atoms with van der Waals surface area (Å²) in [5.41, 5.74) is 2.98. The van der Waals surface area contributed by atoms with Crippen molar-refractivity contribution in [2.75, 3.05) is 6.61 Å². The van der Waals surface area contributed by atoms with E-state index in [1.54, 1.807) is 25.3 Å². The summed E-state index contributed by atoms with van der Waals surface area (Å²) in [5, 5.41) is 12.7. The van der Waals surface area contributed by atoms with Crippen molar-refractivity contribution in [2.24, 2.45) is 5.92 Å². The Balaban J connectivity index is 1.78. The summed E-state index contributed by atoms with van der Waals surface area (Å²) in [4.78, 5) is 32.8. The van der Waals surface area contributed by atoms with Gasteiger partial charge in [0.1, 0.15) is 5.54 Å². The van der Waals surface area contributed by atoms with Gasteiger partial charge in [0.15, 0.2) is 6.29 Å². The molecule has 1 aliphatic carbocycles. The fourth-order valence-electron chi connectivity index (χ4n) is 3.05. The highest BCUT2D eigenvalue weighted by Gasteiger charge is 2.40. The molecule has 3 N–H and O–H groups in total. The standard InChI is InChI=1S/C21H31N3O5/c1-15(2)14-28-16(3)29-24-19(25)9-8-18-7-6-17(12-22-18)13-23-21(20(26)27)10-4-5-11-21/h6-9,12,15-16,23H,4-5,10-11,13-14H2,1-3H3,(H,24,25)(H,26,27)/b9-8+. The lowest BCUT2D eigenvalue weighted by Gasteiger charge is -2.25. The summed E-state index contributed by atoms with van der Waals surface area (Å²) in [6.07, 6.45) is 7.19. The van der Waals surface area contributed by atoms with Gasteiger partial charge in [-0.05, 0) is 43.4 Å². The summed E-state index contributed by atoms with van der Waals surface area (Å²) in [6.45, 7) is 6.75. The monoisotopic (exact) mass is 405 g/mol. The lowest BCUT2D eigenvalue weighted by molar-refractivity contribution is -0.180. The van der Waals surface area contributed by atoms with E-state index >= 15 is 0 Å². The number of hydrogen-bond donors (Lipinski definition) is 3. The predicted molar refractivity (Wildman–Crippen MR) is 108 cm³/mol. The second kappa shape index (κ2) is 11.0. The molecule has 160 valence electrons. The second-order valence-corrected chi connectivity index (χ2v) is 7.75. The van der Waals surface area contributed by atoms with Gasteiger partial charge < -0.3 is 9.84 Å². The molecule has 8 heteroatoms. The summed E-state index contributed by atoms with van der Waals surface area (Å²) in [7, 11) is 0. The minimum absolute atomic E-state index is 0.383. The number of aliphatic carboxylic acids is 1. The third-order valence-corrected chi connectivity index (χ3v) is 4.74. The van der Waals surface area contributed by atoms with Crippen molar-refractivity contribution < 1.29 is 24.3 Å². The van der Waals surface area contributed by atoms with Gasteiger partial charge in [-0.2, -0.15) is 0 Å². The lowest BCUT2D eigenvalue weighted by atomic mass is 9.97. The Hall–Kier alpha value is -2.29. The van der Waals surface area contributed by atoms with E-state index in [9.17, 15) is 14.7 Å². The second-order valence-electron chi connectivity index (χ2n) is 7.75. The van der Waals surface area contributed by atoms with Crippen LogP contribution in [0.3, 0.4) is 0 Å². The van der Waals surface area contributed by atoms with E-state index in [2.05, 4.69) is 15.8 Å². The van der Waals surface area contributed by atoms with E-state index in [1.807, 2.05) is 19.9 Å². The molecule has 0 aromatic carbocycles. The molecule has 1 heterocycles. The van der Waals surface area contributed by atoms with Crippen LogP contribution in [0.2, 0.25) is 0 Å².